The van der Waals surface area contributed by atoms with Gasteiger partial charge in [-0.3, -0.25) is 0 Å². The van der Waals surface area contributed by atoms with Crippen LogP contribution in [0.1, 0.15) is 18.2 Å². The predicted octanol–water partition coefficient (Wildman–Crippen LogP) is 2.23. The summed E-state index contributed by atoms with van der Waals surface area (Å²) in [5.41, 5.74) is 0. The lowest BCUT2D eigenvalue weighted by atomic mass is 10.3. The van der Waals surface area contributed by atoms with Crippen LogP contribution in [0.2, 0.25) is 0 Å². The van der Waals surface area contributed by atoms with Crippen LogP contribution in [0, 0.1) is 0 Å². The van der Waals surface area contributed by atoms with Crippen LogP contribution in [0.4, 0.5) is 0 Å². The van der Waals surface area contributed by atoms with Gasteiger partial charge in [-0.2, -0.15) is 16.1 Å². The summed E-state index contributed by atoms with van der Waals surface area (Å²) in [4.78, 5) is 1.31. The number of thiophene rings is 1. The van der Waals surface area contributed by atoms with Crippen LogP contribution in [-0.2, 0) is 16.6 Å². The van der Waals surface area contributed by atoms with Crippen LogP contribution in [0.15, 0.2) is 16.3 Å². The van der Waals surface area contributed by atoms with Crippen LogP contribution in [-0.4, -0.2) is 44.9 Å². The quantitative estimate of drug-likeness (QED) is 0.797. The molecular weight excluding hydrogens is 300 g/mol. The van der Waals surface area contributed by atoms with Gasteiger partial charge in [-0.25, -0.2) is 8.42 Å². The molecule has 1 aromatic heterocycles. The number of rotatable bonds is 8. The molecule has 1 unspecified atom stereocenters. The predicted molar refractivity (Wildman–Crippen MR) is 84.5 cm³/mol. The fourth-order valence-corrected chi connectivity index (χ4v) is 5.66. The normalized spacial score (nSPS) is 13.9. The third kappa shape index (κ3) is 3.95. The van der Waals surface area contributed by atoms with Crippen molar-refractivity contribution in [3.63, 3.8) is 0 Å². The van der Waals surface area contributed by atoms with E-state index in [1.165, 1.54) is 15.6 Å². The average Bonchev–Trinajstić information content (AvgIpc) is 2.84. The second-order valence-electron chi connectivity index (χ2n) is 4.28. The van der Waals surface area contributed by atoms with E-state index in [0.29, 0.717) is 11.4 Å². The molecule has 19 heavy (non-hydrogen) atoms. The first kappa shape index (κ1) is 17.0. The molecule has 1 aromatic rings. The van der Waals surface area contributed by atoms with E-state index in [4.69, 9.17) is 0 Å². The van der Waals surface area contributed by atoms with E-state index in [1.54, 1.807) is 24.9 Å². The summed E-state index contributed by atoms with van der Waals surface area (Å²) in [7, 11) is 0.111. The summed E-state index contributed by atoms with van der Waals surface area (Å²) >= 11 is 3.15. The van der Waals surface area contributed by atoms with Crippen LogP contribution in [0.25, 0.3) is 0 Å². The van der Waals surface area contributed by atoms with E-state index >= 15 is 0 Å². The number of sulfonamides is 1. The SMILES string of the molecule is CCC(CSC)N(C)S(=O)(=O)c1ccsc1CNC. The Bertz CT molecular complexity index is 485. The number of hydrogen-bond donors (Lipinski definition) is 1. The molecule has 1 heterocycles. The molecule has 0 amide bonds. The van der Waals surface area contributed by atoms with Gasteiger partial charge >= 0.3 is 0 Å². The number of nitrogens with one attached hydrogen (secondary N) is 1. The molecule has 0 aliphatic heterocycles. The summed E-state index contributed by atoms with van der Waals surface area (Å²) in [6, 6.07) is 1.75. The van der Waals surface area contributed by atoms with Gasteiger partial charge in [-0.05, 0) is 31.2 Å². The zero-order chi connectivity index (χ0) is 14.5. The fourth-order valence-electron chi connectivity index (χ4n) is 1.87. The van der Waals surface area contributed by atoms with E-state index in [-0.39, 0.29) is 6.04 Å². The molecule has 0 spiro atoms. The van der Waals surface area contributed by atoms with Crippen molar-refractivity contribution in [2.24, 2.45) is 0 Å². The molecule has 0 fully saturated rings. The standard InChI is InChI=1S/C12H22N2O2S3/c1-5-10(9-17-4)14(3)19(15,16)12-6-7-18-11(12)8-13-2/h6-7,10,13H,5,8-9H2,1-4H3. The molecule has 0 saturated heterocycles. The first-order chi connectivity index (χ1) is 8.98. The monoisotopic (exact) mass is 322 g/mol. The zero-order valence-corrected chi connectivity index (χ0v) is 14.3. The van der Waals surface area contributed by atoms with E-state index < -0.39 is 10.0 Å². The van der Waals surface area contributed by atoms with E-state index in [2.05, 4.69) is 5.32 Å². The lowest BCUT2D eigenvalue weighted by Gasteiger charge is -2.26. The van der Waals surface area contributed by atoms with Crippen molar-refractivity contribution in [2.45, 2.75) is 30.8 Å². The molecule has 1 N–H and O–H groups in total. The molecule has 110 valence electrons. The first-order valence-corrected chi connectivity index (χ1v) is 9.88. The lowest BCUT2D eigenvalue weighted by molar-refractivity contribution is 0.385. The second-order valence-corrected chi connectivity index (χ2v) is 8.15. The molecule has 0 radical (unpaired) electrons. The van der Waals surface area contributed by atoms with Gasteiger partial charge in [0.05, 0.1) is 4.90 Å². The van der Waals surface area contributed by atoms with Crippen LogP contribution < -0.4 is 5.32 Å². The summed E-state index contributed by atoms with van der Waals surface area (Å²) in [6.07, 6.45) is 2.82. The Morgan fingerprint density at radius 1 is 1.53 bits per heavy atom. The van der Waals surface area contributed by atoms with Gasteiger partial charge in [0.15, 0.2) is 0 Å². The van der Waals surface area contributed by atoms with Crippen molar-refractivity contribution in [3.05, 3.63) is 16.3 Å². The lowest BCUT2D eigenvalue weighted by Crippen LogP contribution is -2.38. The zero-order valence-electron chi connectivity index (χ0n) is 11.8. The highest BCUT2D eigenvalue weighted by Gasteiger charge is 2.29. The molecule has 0 aromatic carbocycles. The molecule has 7 heteroatoms. The number of nitrogens with zero attached hydrogens (tertiary/aromatic N) is 1. The average molecular weight is 323 g/mol. The topological polar surface area (TPSA) is 49.4 Å². The van der Waals surface area contributed by atoms with Gasteiger partial charge in [-0.15, -0.1) is 11.3 Å². The van der Waals surface area contributed by atoms with Gasteiger partial charge in [0.2, 0.25) is 10.0 Å². The maximum atomic E-state index is 12.7. The molecule has 0 aliphatic carbocycles. The van der Waals surface area contributed by atoms with E-state index in [1.807, 2.05) is 25.6 Å². The summed E-state index contributed by atoms with van der Waals surface area (Å²) in [5, 5.41) is 4.85. The van der Waals surface area contributed by atoms with Crippen molar-refractivity contribution in [3.8, 4) is 0 Å². The molecule has 0 saturated carbocycles. The molecule has 4 nitrogen and oxygen atoms in total. The Balaban J connectivity index is 3.05. The summed E-state index contributed by atoms with van der Waals surface area (Å²) in [6.45, 7) is 2.61. The van der Waals surface area contributed by atoms with Gasteiger partial charge in [0.25, 0.3) is 0 Å². The van der Waals surface area contributed by atoms with E-state index in [9.17, 15) is 8.42 Å². The minimum atomic E-state index is -3.39. The van der Waals surface area contributed by atoms with Gasteiger partial charge in [0, 0.05) is 30.3 Å². The number of thioether (sulfide) groups is 1. The largest absolute Gasteiger partial charge is 0.315 e. The first-order valence-electron chi connectivity index (χ1n) is 6.16. The minimum absolute atomic E-state index is 0.0438. The van der Waals surface area contributed by atoms with Gasteiger partial charge in [0.1, 0.15) is 0 Å². The molecular formula is C12H22N2O2S3. The van der Waals surface area contributed by atoms with Crippen LogP contribution in [0.3, 0.4) is 0 Å². The Morgan fingerprint density at radius 3 is 2.74 bits per heavy atom. The summed E-state index contributed by atoms with van der Waals surface area (Å²) in [5.74, 6) is 0.817. The van der Waals surface area contributed by atoms with Crippen molar-refractivity contribution < 1.29 is 8.42 Å². The van der Waals surface area contributed by atoms with Crippen molar-refractivity contribution in [1.29, 1.82) is 0 Å². The number of hydrogen-bond acceptors (Lipinski definition) is 5. The minimum Gasteiger partial charge on any atom is -0.315 e. The summed E-state index contributed by atoms with van der Waals surface area (Å²) < 4.78 is 26.8. The smallest absolute Gasteiger partial charge is 0.244 e. The molecule has 0 bridgehead atoms. The Kier molecular flexibility index (Phi) is 6.82. The van der Waals surface area contributed by atoms with Crippen molar-refractivity contribution >= 4 is 33.1 Å². The highest BCUT2D eigenvalue weighted by molar-refractivity contribution is 7.98. The molecule has 0 aliphatic rings. The highest BCUT2D eigenvalue weighted by Crippen LogP contribution is 2.26. The Hall–Kier alpha value is -0.0800. The molecule has 1 rings (SSSR count). The van der Waals surface area contributed by atoms with Gasteiger partial charge in [-0.1, -0.05) is 6.92 Å². The third-order valence-electron chi connectivity index (χ3n) is 3.04. The van der Waals surface area contributed by atoms with Crippen LogP contribution in [0.5, 0.6) is 0 Å². The van der Waals surface area contributed by atoms with Gasteiger partial charge < -0.3 is 5.32 Å². The Morgan fingerprint density at radius 2 is 2.21 bits per heavy atom. The molecule has 1 atom stereocenters. The maximum absolute atomic E-state index is 12.7. The van der Waals surface area contributed by atoms with Crippen molar-refractivity contribution in [2.75, 3.05) is 26.1 Å². The maximum Gasteiger partial charge on any atom is 0.244 e. The fraction of sp³-hybridized carbons (Fsp3) is 0.667. The van der Waals surface area contributed by atoms with Crippen LogP contribution >= 0.6 is 23.1 Å². The third-order valence-corrected chi connectivity index (χ3v) is 6.81. The second kappa shape index (κ2) is 7.64. The Labute approximate surface area is 124 Å². The van der Waals surface area contributed by atoms with E-state index in [0.717, 1.165) is 17.1 Å². The highest BCUT2D eigenvalue weighted by atomic mass is 32.2. The van der Waals surface area contributed by atoms with Crippen molar-refractivity contribution in [1.82, 2.24) is 9.62 Å².